The molecule has 1 aliphatic carbocycles. The molecule has 0 unspecified atom stereocenters. The van der Waals surface area contributed by atoms with Gasteiger partial charge < -0.3 is 15.5 Å². The summed E-state index contributed by atoms with van der Waals surface area (Å²) in [5.74, 6) is -0.0446. The van der Waals surface area contributed by atoms with Crippen LogP contribution in [0.3, 0.4) is 0 Å². The molecule has 2 fully saturated rings. The van der Waals surface area contributed by atoms with Crippen molar-refractivity contribution in [3.8, 4) is 0 Å². The Morgan fingerprint density at radius 2 is 1.87 bits per heavy atom. The maximum absolute atomic E-state index is 12.4. The van der Waals surface area contributed by atoms with E-state index in [4.69, 9.17) is 0 Å². The quantitative estimate of drug-likeness (QED) is 0.879. The molecule has 1 saturated heterocycles. The molecule has 23 heavy (non-hydrogen) atoms. The molecule has 2 atom stereocenters. The highest BCUT2D eigenvalue weighted by Gasteiger charge is 2.36. The molecule has 1 aliphatic heterocycles. The van der Waals surface area contributed by atoms with Crippen molar-refractivity contribution in [2.45, 2.75) is 42.7 Å². The third-order valence-corrected chi connectivity index (χ3v) is 5.11. The lowest BCUT2D eigenvalue weighted by Gasteiger charge is -2.24. The van der Waals surface area contributed by atoms with Gasteiger partial charge in [-0.3, -0.25) is 9.00 Å². The van der Waals surface area contributed by atoms with Crippen molar-refractivity contribution in [3.63, 3.8) is 0 Å². The standard InChI is InChI=1S/C16H21N3O3S/c1-23(22)13-8-6-12(7-9-13)18-16(21)19-10-2-3-14(19)15(20)17-11-4-5-11/h6-9,11,14H,2-5,10H2,1H3,(H,17,20)(H,18,21)/t14-,23-/m0/s1. The Morgan fingerprint density at radius 1 is 1.17 bits per heavy atom. The zero-order valence-corrected chi connectivity index (χ0v) is 13.9. The van der Waals surface area contributed by atoms with Crippen molar-refractivity contribution in [2.75, 3.05) is 18.1 Å². The number of carbonyl (C=O) groups excluding carboxylic acids is 2. The first-order valence-corrected chi connectivity index (χ1v) is 9.42. The zero-order chi connectivity index (χ0) is 16.4. The van der Waals surface area contributed by atoms with Crippen LogP contribution < -0.4 is 10.6 Å². The molecule has 3 amide bonds. The van der Waals surface area contributed by atoms with E-state index in [9.17, 15) is 13.8 Å². The molecule has 3 rings (SSSR count). The van der Waals surface area contributed by atoms with Crippen molar-refractivity contribution in [3.05, 3.63) is 24.3 Å². The average Bonchev–Trinajstić information content (AvgIpc) is 3.19. The second kappa shape index (κ2) is 6.70. The van der Waals surface area contributed by atoms with Gasteiger partial charge in [-0.1, -0.05) is 0 Å². The molecule has 2 N–H and O–H groups in total. The Bertz CT molecular complexity index is 628. The number of nitrogens with one attached hydrogen (secondary N) is 2. The van der Waals surface area contributed by atoms with Crippen LogP contribution in [-0.2, 0) is 15.6 Å². The van der Waals surface area contributed by atoms with Crippen LogP contribution in [0.1, 0.15) is 25.7 Å². The fourth-order valence-corrected chi connectivity index (χ4v) is 3.25. The number of carbonyl (C=O) groups is 2. The molecule has 0 radical (unpaired) electrons. The molecule has 6 nitrogen and oxygen atoms in total. The Labute approximate surface area is 138 Å². The molecule has 7 heteroatoms. The summed E-state index contributed by atoms with van der Waals surface area (Å²) in [4.78, 5) is 27.0. The van der Waals surface area contributed by atoms with Crippen molar-refractivity contribution >= 4 is 28.4 Å². The minimum atomic E-state index is -1.04. The highest BCUT2D eigenvalue weighted by atomic mass is 32.2. The van der Waals surface area contributed by atoms with Gasteiger partial charge in [0.1, 0.15) is 6.04 Å². The fraction of sp³-hybridized carbons (Fsp3) is 0.500. The van der Waals surface area contributed by atoms with Gasteiger partial charge in [-0.2, -0.15) is 0 Å². The number of urea groups is 1. The minimum Gasteiger partial charge on any atom is -0.352 e. The van der Waals surface area contributed by atoms with E-state index in [1.165, 1.54) is 0 Å². The molecule has 1 aromatic carbocycles. The molecular weight excluding hydrogens is 314 g/mol. The van der Waals surface area contributed by atoms with E-state index in [1.807, 2.05) is 0 Å². The summed E-state index contributed by atoms with van der Waals surface area (Å²) in [5.41, 5.74) is 0.637. The van der Waals surface area contributed by atoms with E-state index in [1.54, 1.807) is 35.4 Å². The topological polar surface area (TPSA) is 78.5 Å². The minimum absolute atomic E-state index is 0.0446. The first-order valence-electron chi connectivity index (χ1n) is 7.86. The van der Waals surface area contributed by atoms with Crippen LogP contribution in [-0.4, -0.2) is 45.9 Å². The average molecular weight is 335 g/mol. The van der Waals surface area contributed by atoms with Crippen LogP contribution in [0.25, 0.3) is 0 Å². The Kier molecular flexibility index (Phi) is 4.66. The van der Waals surface area contributed by atoms with E-state index in [-0.39, 0.29) is 18.0 Å². The first-order chi connectivity index (χ1) is 11.0. The van der Waals surface area contributed by atoms with Gasteiger partial charge in [-0.25, -0.2) is 4.79 Å². The highest BCUT2D eigenvalue weighted by Crippen LogP contribution is 2.23. The lowest BCUT2D eigenvalue weighted by molar-refractivity contribution is -0.124. The molecule has 124 valence electrons. The molecule has 1 aromatic rings. The van der Waals surface area contributed by atoms with Crippen LogP contribution in [0.5, 0.6) is 0 Å². The van der Waals surface area contributed by atoms with Gasteiger partial charge in [0.25, 0.3) is 0 Å². The van der Waals surface area contributed by atoms with Gasteiger partial charge >= 0.3 is 6.03 Å². The first kappa shape index (κ1) is 16.0. The molecule has 0 bridgehead atoms. The number of anilines is 1. The van der Waals surface area contributed by atoms with Crippen LogP contribution in [0, 0.1) is 0 Å². The third kappa shape index (κ3) is 3.90. The molecular formula is C16H21N3O3S. The number of likely N-dealkylation sites (tertiary alicyclic amines) is 1. The molecule has 1 saturated carbocycles. The third-order valence-electron chi connectivity index (χ3n) is 4.18. The molecule has 2 aliphatic rings. The monoisotopic (exact) mass is 335 g/mol. The predicted octanol–water partition coefficient (Wildman–Crippen LogP) is 1.70. The van der Waals surface area contributed by atoms with Crippen molar-refractivity contribution in [1.82, 2.24) is 10.2 Å². The normalized spacial score (nSPS) is 21.8. The Hall–Kier alpha value is -1.89. The second-order valence-corrected chi connectivity index (χ2v) is 7.42. The van der Waals surface area contributed by atoms with Gasteiger partial charge in [0.05, 0.1) is 0 Å². The number of rotatable bonds is 4. The lowest BCUT2D eigenvalue weighted by Crippen LogP contribution is -2.47. The summed E-state index contributed by atoms with van der Waals surface area (Å²) in [5, 5.41) is 5.78. The fourth-order valence-electron chi connectivity index (χ4n) is 2.73. The van der Waals surface area contributed by atoms with E-state index >= 15 is 0 Å². The van der Waals surface area contributed by atoms with Gasteiger partial charge in [-0.05, 0) is 49.9 Å². The van der Waals surface area contributed by atoms with E-state index in [2.05, 4.69) is 10.6 Å². The van der Waals surface area contributed by atoms with E-state index in [0.717, 1.165) is 19.3 Å². The maximum atomic E-state index is 12.4. The smallest absolute Gasteiger partial charge is 0.322 e. The Morgan fingerprint density at radius 3 is 2.48 bits per heavy atom. The number of benzene rings is 1. The SMILES string of the molecule is C[S@](=O)c1ccc(NC(=O)N2CCC[C@H]2C(=O)NC2CC2)cc1. The molecule has 1 heterocycles. The molecule has 0 aromatic heterocycles. The van der Waals surface area contributed by atoms with Gasteiger partial charge in [0.15, 0.2) is 0 Å². The summed E-state index contributed by atoms with van der Waals surface area (Å²) >= 11 is 0. The summed E-state index contributed by atoms with van der Waals surface area (Å²) in [6.45, 7) is 0.589. The van der Waals surface area contributed by atoms with Gasteiger partial charge in [0, 0.05) is 40.2 Å². The van der Waals surface area contributed by atoms with E-state index in [0.29, 0.717) is 29.6 Å². The maximum Gasteiger partial charge on any atom is 0.322 e. The highest BCUT2D eigenvalue weighted by molar-refractivity contribution is 7.84. The number of hydrogen-bond acceptors (Lipinski definition) is 3. The summed E-state index contributed by atoms with van der Waals surface area (Å²) in [6, 6.07) is 6.57. The summed E-state index contributed by atoms with van der Waals surface area (Å²) < 4.78 is 11.4. The lowest BCUT2D eigenvalue weighted by atomic mass is 10.2. The summed E-state index contributed by atoms with van der Waals surface area (Å²) in [6.07, 6.45) is 5.23. The second-order valence-electron chi connectivity index (χ2n) is 6.04. The van der Waals surface area contributed by atoms with Crippen LogP contribution in [0.15, 0.2) is 29.2 Å². The largest absolute Gasteiger partial charge is 0.352 e. The van der Waals surface area contributed by atoms with Gasteiger partial charge in [-0.15, -0.1) is 0 Å². The number of amides is 3. The summed E-state index contributed by atoms with van der Waals surface area (Å²) in [7, 11) is -1.04. The zero-order valence-electron chi connectivity index (χ0n) is 13.1. The number of nitrogens with zero attached hydrogens (tertiary/aromatic N) is 1. The van der Waals surface area contributed by atoms with Crippen molar-refractivity contribution < 1.29 is 13.8 Å². The van der Waals surface area contributed by atoms with Crippen molar-refractivity contribution in [1.29, 1.82) is 0 Å². The predicted molar refractivity (Wildman–Crippen MR) is 88.7 cm³/mol. The van der Waals surface area contributed by atoms with Crippen LogP contribution in [0.4, 0.5) is 10.5 Å². The van der Waals surface area contributed by atoms with Crippen LogP contribution >= 0.6 is 0 Å². The van der Waals surface area contributed by atoms with Gasteiger partial charge in [0.2, 0.25) is 5.91 Å². The van der Waals surface area contributed by atoms with E-state index < -0.39 is 10.8 Å². The molecule has 0 spiro atoms. The number of hydrogen-bond donors (Lipinski definition) is 2. The Balaban J connectivity index is 1.61. The van der Waals surface area contributed by atoms with Crippen LogP contribution in [0.2, 0.25) is 0 Å². The van der Waals surface area contributed by atoms with Crippen molar-refractivity contribution in [2.24, 2.45) is 0 Å².